The summed E-state index contributed by atoms with van der Waals surface area (Å²) in [6.07, 6.45) is 1.99. The van der Waals surface area contributed by atoms with Crippen LogP contribution in [0, 0.1) is 6.92 Å². The van der Waals surface area contributed by atoms with Gasteiger partial charge in [-0.1, -0.05) is 41.9 Å². The first-order valence-electron chi connectivity index (χ1n) is 10.0. The van der Waals surface area contributed by atoms with Crippen molar-refractivity contribution in [1.82, 2.24) is 9.78 Å². The summed E-state index contributed by atoms with van der Waals surface area (Å²) in [6.45, 7) is 1.78. The molecule has 3 aromatic carbocycles. The van der Waals surface area contributed by atoms with Gasteiger partial charge in [0.15, 0.2) is 0 Å². The van der Waals surface area contributed by atoms with Crippen LogP contribution in [0.4, 0.5) is 5.69 Å². The Labute approximate surface area is 190 Å². The second-order valence-electron chi connectivity index (χ2n) is 7.41. The lowest BCUT2D eigenvalue weighted by Crippen LogP contribution is -2.16. The molecule has 3 N–H and O–H groups in total. The number of hydrogen-bond acceptors (Lipinski definition) is 3. The Bertz CT molecular complexity index is 1280. The molecule has 0 radical (unpaired) electrons. The van der Waals surface area contributed by atoms with Crippen molar-refractivity contribution in [1.29, 1.82) is 0 Å². The topological polar surface area (TPSA) is 90.0 Å². The van der Waals surface area contributed by atoms with Crippen molar-refractivity contribution in [3.05, 3.63) is 101 Å². The van der Waals surface area contributed by atoms with Gasteiger partial charge in [-0.25, -0.2) is 4.68 Å². The smallest absolute Gasteiger partial charge is 0.248 e. The number of carbonyl (C=O) groups is 2. The van der Waals surface area contributed by atoms with Crippen LogP contribution in [0.1, 0.15) is 21.5 Å². The lowest BCUT2D eigenvalue weighted by Gasteiger charge is -2.08. The number of benzene rings is 3. The summed E-state index contributed by atoms with van der Waals surface area (Å²) in [4.78, 5) is 24.3. The van der Waals surface area contributed by atoms with Gasteiger partial charge >= 0.3 is 0 Å². The van der Waals surface area contributed by atoms with E-state index in [2.05, 4.69) is 5.32 Å². The largest absolute Gasteiger partial charge is 0.366 e. The zero-order valence-electron chi connectivity index (χ0n) is 17.4. The third kappa shape index (κ3) is 4.71. The molecular weight excluding hydrogens is 424 g/mol. The molecule has 4 rings (SSSR count). The average Bonchev–Trinajstić information content (AvgIpc) is 3.18. The van der Waals surface area contributed by atoms with Gasteiger partial charge in [-0.3, -0.25) is 9.59 Å². The fourth-order valence-electron chi connectivity index (χ4n) is 3.50. The molecule has 0 aliphatic rings. The van der Waals surface area contributed by atoms with Crippen LogP contribution in [-0.2, 0) is 11.2 Å². The van der Waals surface area contributed by atoms with E-state index in [0.29, 0.717) is 27.5 Å². The van der Waals surface area contributed by atoms with Crippen molar-refractivity contribution < 1.29 is 9.59 Å². The van der Waals surface area contributed by atoms with E-state index in [1.54, 1.807) is 41.9 Å². The molecule has 4 aromatic rings. The number of carbonyl (C=O) groups excluding carboxylic acids is 2. The summed E-state index contributed by atoms with van der Waals surface area (Å²) in [5.41, 5.74) is 10.3. The van der Waals surface area contributed by atoms with E-state index in [0.717, 1.165) is 16.8 Å². The standard InChI is InChI=1S/C25H21ClN4O2/c1-16-13-20(11-12-22(16)25(27)32)28-23(31)14-18-15-30(21-5-3-2-4-6-21)29-24(18)17-7-9-19(26)10-8-17/h2-13,15H,14H2,1H3,(H2,27,32)(H,28,31). The number of aryl methyl sites for hydroxylation is 1. The lowest BCUT2D eigenvalue weighted by molar-refractivity contribution is -0.115. The first kappa shape index (κ1) is 21.3. The number of hydrogen-bond donors (Lipinski definition) is 2. The number of halogens is 1. The minimum atomic E-state index is -0.499. The van der Waals surface area contributed by atoms with Crippen molar-refractivity contribution in [2.75, 3.05) is 5.32 Å². The zero-order chi connectivity index (χ0) is 22.7. The molecule has 1 aromatic heterocycles. The summed E-state index contributed by atoms with van der Waals surface area (Å²) in [6, 6.07) is 22.1. The van der Waals surface area contributed by atoms with E-state index in [-0.39, 0.29) is 12.3 Å². The molecule has 7 heteroatoms. The summed E-state index contributed by atoms with van der Waals surface area (Å²) in [7, 11) is 0. The second kappa shape index (κ2) is 9.08. The quantitative estimate of drug-likeness (QED) is 0.448. The van der Waals surface area contributed by atoms with Crippen molar-refractivity contribution in [3.8, 4) is 16.9 Å². The highest BCUT2D eigenvalue weighted by Crippen LogP contribution is 2.26. The Kier molecular flexibility index (Phi) is 6.05. The molecule has 0 bridgehead atoms. The highest BCUT2D eigenvalue weighted by atomic mass is 35.5. The van der Waals surface area contributed by atoms with E-state index in [1.807, 2.05) is 48.7 Å². The molecule has 160 valence electrons. The van der Waals surface area contributed by atoms with Crippen LogP contribution < -0.4 is 11.1 Å². The SMILES string of the molecule is Cc1cc(NC(=O)Cc2cn(-c3ccccc3)nc2-c2ccc(Cl)cc2)ccc1C(N)=O. The van der Waals surface area contributed by atoms with Crippen molar-refractivity contribution in [3.63, 3.8) is 0 Å². The highest BCUT2D eigenvalue weighted by Gasteiger charge is 2.16. The van der Waals surface area contributed by atoms with Gasteiger partial charge in [-0.05, 0) is 55.0 Å². The van der Waals surface area contributed by atoms with Gasteiger partial charge in [0.1, 0.15) is 0 Å². The van der Waals surface area contributed by atoms with Crippen LogP contribution in [0.5, 0.6) is 0 Å². The van der Waals surface area contributed by atoms with Crippen LogP contribution in [0.2, 0.25) is 5.02 Å². The summed E-state index contributed by atoms with van der Waals surface area (Å²) in [5, 5.41) is 8.24. The van der Waals surface area contributed by atoms with Crippen molar-refractivity contribution in [2.45, 2.75) is 13.3 Å². The number of para-hydroxylation sites is 1. The van der Waals surface area contributed by atoms with Gasteiger partial charge in [0.2, 0.25) is 11.8 Å². The number of nitrogens with one attached hydrogen (secondary N) is 1. The first-order valence-corrected chi connectivity index (χ1v) is 10.4. The van der Waals surface area contributed by atoms with Crippen molar-refractivity contribution >= 4 is 29.1 Å². The highest BCUT2D eigenvalue weighted by molar-refractivity contribution is 6.30. The fraction of sp³-hybridized carbons (Fsp3) is 0.0800. The van der Waals surface area contributed by atoms with Gasteiger partial charge in [0.05, 0.1) is 17.8 Å². The Morgan fingerprint density at radius 1 is 1.03 bits per heavy atom. The molecule has 0 atom stereocenters. The minimum Gasteiger partial charge on any atom is -0.366 e. The molecule has 1 heterocycles. The molecule has 0 unspecified atom stereocenters. The van der Waals surface area contributed by atoms with Gasteiger partial charge in [0.25, 0.3) is 0 Å². The first-order chi connectivity index (χ1) is 15.4. The molecule has 0 spiro atoms. The van der Waals surface area contributed by atoms with Crippen LogP contribution in [0.3, 0.4) is 0 Å². The second-order valence-corrected chi connectivity index (χ2v) is 7.85. The number of amides is 2. The van der Waals surface area contributed by atoms with Crippen molar-refractivity contribution in [2.24, 2.45) is 5.73 Å². The van der Waals surface area contributed by atoms with Crippen LogP contribution in [0.25, 0.3) is 16.9 Å². The number of nitrogens with two attached hydrogens (primary N) is 1. The molecule has 6 nitrogen and oxygen atoms in total. The molecule has 2 amide bonds. The third-order valence-electron chi connectivity index (χ3n) is 5.06. The zero-order valence-corrected chi connectivity index (χ0v) is 18.1. The maximum atomic E-state index is 12.8. The van der Waals surface area contributed by atoms with Gasteiger partial charge in [-0.2, -0.15) is 5.10 Å². The fourth-order valence-corrected chi connectivity index (χ4v) is 3.62. The Morgan fingerprint density at radius 2 is 1.75 bits per heavy atom. The number of anilines is 1. The van der Waals surface area contributed by atoms with E-state index in [4.69, 9.17) is 22.4 Å². The van der Waals surface area contributed by atoms with Crippen LogP contribution >= 0.6 is 11.6 Å². The molecule has 0 aliphatic heterocycles. The van der Waals surface area contributed by atoms with E-state index < -0.39 is 5.91 Å². The Hall–Kier alpha value is -3.90. The molecule has 0 fully saturated rings. The van der Waals surface area contributed by atoms with Crippen LogP contribution in [0.15, 0.2) is 79.0 Å². The predicted octanol–water partition coefficient (Wildman–Crippen LogP) is 4.78. The van der Waals surface area contributed by atoms with E-state index >= 15 is 0 Å². The molecule has 32 heavy (non-hydrogen) atoms. The predicted molar refractivity (Wildman–Crippen MR) is 126 cm³/mol. The summed E-state index contributed by atoms with van der Waals surface area (Å²) < 4.78 is 1.76. The molecule has 0 saturated heterocycles. The van der Waals surface area contributed by atoms with Gasteiger partial charge in [-0.15, -0.1) is 0 Å². The number of aromatic nitrogens is 2. The summed E-state index contributed by atoms with van der Waals surface area (Å²) >= 11 is 6.04. The van der Waals surface area contributed by atoms with Crippen LogP contribution in [-0.4, -0.2) is 21.6 Å². The molecular formula is C25H21ClN4O2. The van der Waals surface area contributed by atoms with Gasteiger partial charge in [0, 0.05) is 33.6 Å². The lowest BCUT2D eigenvalue weighted by atomic mass is 10.1. The molecule has 0 saturated carbocycles. The Morgan fingerprint density at radius 3 is 2.41 bits per heavy atom. The van der Waals surface area contributed by atoms with E-state index in [9.17, 15) is 9.59 Å². The maximum Gasteiger partial charge on any atom is 0.248 e. The van der Waals surface area contributed by atoms with E-state index in [1.165, 1.54) is 0 Å². The Balaban J connectivity index is 1.62. The third-order valence-corrected chi connectivity index (χ3v) is 5.31. The number of nitrogens with zero attached hydrogens (tertiary/aromatic N) is 2. The average molecular weight is 445 g/mol. The number of primary amides is 1. The summed E-state index contributed by atoms with van der Waals surface area (Å²) in [5.74, 6) is -0.694. The number of rotatable bonds is 6. The monoisotopic (exact) mass is 444 g/mol. The van der Waals surface area contributed by atoms with Gasteiger partial charge < -0.3 is 11.1 Å². The normalized spacial score (nSPS) is 10.7. The maximum absolute atomic E-state index is 12.8. The molecule has 0 aliphatic carbocycles. The minimum absolute atomic E-state index is 0.126.